The SMILES string of the molecule is COc1ccc(C(=Nc2ccc(CN3CCCCC3)cc2)C2C(=O)Nc3ccc([N+](=O)[O-])cc32)cc1. The maximum absolute atomic E-state index is 13.1. The van der Waals surface area contributed by atoms with Crippen LogP contribution in [0.3, 0.4) is 0 Å². The van der Waals surface area contributed by atoms with E-state index in [2.05, 4.69) is 22.3 Å². The number of nitrogens with zero attached hydrogens (tertiary/aromatic N) is 3. The number of nitro benzene ring substituents is 1. The van der Waals surface area contributed by atoms with Gasteiger partial charge in [0.15, 0.2) is 0 Å². The number of benzene rings is 3. The van der Waals surface area contributed by atoms with Crippen molar-refractivity contribution in [2.45, 2.75) is 31.7 Å². The molecule has 184 valence electrons. The van der Waals surface area contributed by atoms with Crippen molar-refractivity contribution >= 4 is 28.7 Å². The lowest BCUT2D eigenvalue weighted by molar-refractivity contribution is -0.384. The van der Waals surface area contributed by atoms with Crippen molar-refractivity contribution in [2.24, 2.45) is 4.99 Å². The Hall–Kier alpha value is -4.04. The van der Waals surface area contributed by atoms with Gasteiger partial charge in [0.2, 0.25) is 5.91 Å². The van der Waals surface area contributed by atoms with Gasteiger partial charge in [-0.25, -0.2) is 0 Å². The average molecular weight is 485 g/mol. The number of piperidine rings is 1. The first-order valence-corrected chi connectivity index (χ1v) is 12.2. The normalized spacial score (nSPS) is 18.0. The number of anilines is 1. The largest absolute Gasteiger partial charge is 0.497 e. The molecule has 1 fully saturated rings. The number of nitrogens with one attached hydrogen (secondary N) is 1. The lowest BCUT2D eigenvalue weighted by Gasteiger charge is -2.26. The predicted octanol–water partition coefficient (Wildman–Crippen LogP) is 5.45. The second-order valence-corrected chi connectivity index (χ2v) is 9.18. The Bertz CT molecular complexity index is 1300. The second kappa shape index (κ2) is 10.3. The highest BCUT2D eigenvalue weighted by atomic mass is 16.6. The monoisotopic (exact) mass is 484 g/mol. The smallest absolute Gasteiger partial charge is 0.269 e. The number of carbonyl (C=O) groups is 1. The van der Waals surface area contributed by atoms with Gasteiger partial charge in [0.1, 0.15) is 11.7 Å². The van der Waals surface area contributed by atoms with Gasteiger partial charge in [0.05, 0.1) is 23.4 Å². The van der Waals surface area contributed by atoms with Crippen molar-refractivity contribution in [1.82, 2.24) is 4.90 Å². The number of methoxy groups -OCH3 is 1. The van der Waals surface area contributed by atoms with E-state index in [0.717, 1.165) is 30.9 Å². The van der Waals surface area contributed by atoms with E-state index in [1.165, 1.54) is 37.0 Å². The van der Waals surface area contributed by atoms with Gasteiger partial charge in [-0.15, -0.1) is 0 Å². The summed E-state index contributed by atoms with van der Waals surface area (Å²) in [6.45, 7) is 3.17. The minimum absolute atomic E-state index is 0.0635. The van der Waals surface area contributed by atoms with Crippen molar-refractivity contribution in [2.75, 3.05) is 25.5 Å². The van der Waals surface area contributed by atoms with Gasteiger partial charge in [-0.05, 0) is 79.5 Å². The molecule has 3 aromatic rings. The summed E-state index contributed by atoms with van der Waals surface area (Å²) < 4.78 is 5.29. The Labute approximate surface area is 209 Å². The topological polar surface area (TPSA) is 97.1 Å². The zero-order valence-corrected chi connectivity index (χ0v) is 20.1. The number of carbonyl (C=O) groups excluding carboxylic acids is 1. The van der Waals surface area contributed by atoms with Crippen LogP contribution in [0.25, 0.3) is 0 Å². The summed E-state index contributed by atoms with van der Waals surface area (Å²) >= 11 is 0. The van der Waals surface area contributed by atoms with Crippen molar-refractivity contribution in [3.63, 3.8) is 0 Å². The van der Waals surface area contributed by atoms with Crippen LogP contribution in [0, 0.1) is 10.1 Å². The minimum atomic E-state index is -0.777. The summed E-state index contributed by atoms with van der Waals surface area (Å²) in [7, 11) is 1.59. The van der Waals surface area contributed by atoms with Crippen LogP contribution < -0.4 is 10.1 Å². The molecule has 8 nitrogen and oxygen atoms in total. The summed E-state index contributed by atoms with van der Waals surface area (Å²) in [5, 5.41) is 14.3. The first kappa shape index (κ1) is 23.7. The van der Waals surface area contributed by atoms with Crippen LogP contribution in [-0.2, 0) is 11.3 Å². The van der Waals surface area contributed by atoms with Gasteiger partial charge in [0.25, 0.3) is 5.69 Å². The fraction of sp³-hybridized carbons (Fsp3) is 0.286. The lowest BCUT2D eigenvalue weighted by atomic mass is 9.90. The third-order valence-electron chi connectivity index (χ3n) is 6.78. The number of fused-ring (bicyclic) bond motifs is 1. The molecule has 1 N–H and O–H groups in total. The van der Waals surface area contributed by atoms with Gasteiger partial charge >= 0.3 is 0 Å². The van der Waals surface area contributed by atoms with Crippen LogP contribution >= 0.6 is 0 Å². The molecule has 0 bridgehead atoms. The fourth-order valence-corrected chi connectivity index (χ4v) is 4.88. The maximum atomic E-state index is 13.1. The van der Waals surface area contributed by atoms with Crippen molar-refractivity contribution in [3.05, 3.63) is 93.5 Å². The van der Waals surface area contributed by atoms with E-state index >= 15 is 0 Å². The van der Waals surface area contributed by atoms with Crippen LogP contribution in [0.5, 0.6) is 5.75 Å². The number of hydrogen-bond donors (Lipinski definition) is 1. The Balaban J connectivity index is 1.52. The van der Waals surface area contributed by atoms with Gasteiger partial charge in [-0.3, -0.25) is 24.8 Å². The summed E-state index contributed by atoms with van der Waals surface area (Å²) in [6.07, 6.45) is 3.80. The molecule has 36 heavy (non-hydrogen) atoms. The molecule has 2 heterocycles. The molecule has 5 rings (SSSR count). The van der Waals surface area contributed by atoms with Crippen LogP contribution in [-0.4, -0.2) is 41.6 Å². The van der Waals surface area contributed by atoms with Crippen LogP contribution in [0.1, 0.15) is 41.9 Å². The van der Waals surface area contributed by atoms with Crippen molar-refractivity contribution < 1.29 is 14.5 Å². The third kappa shape index (κ3) is 4.99. The summed E-state index contributed by atoms with van der Waals surface area (Å²) in [5.41, 5.74) is 4.26. The highest BCUT2D eigenvalue weighted by Gasteiger charge is 2.36. The number of nitro groups is 1. The zero-order valence-electron chi connectivity index (χ0n) is 20.1. The highest BCUT2D eigenvalue weighted by Crippen LogP contribution is 2.38. The number of likely N-dealkylation sites (tertiary alicyclic amines) is 1. The number of amides is 1. The fourth-order valence-electron chi connectivity index (χ4n) is 4.88. The quantitative estimate of drug-likeness (QED) is 0.273. The molecule has 0 aromatic heterocycles. The number of ether oxygens (including phenoxy) is 1. The Kier molecular flexibility index (Phi) is 6.77. The van der Waals surface area contributed by atoms with E-state index in [0.29, 0.717) is 22.7 Å². The summed E-state index contributed by atoms with van der Waals surface area (Å²) in [4.78, 5) is 31.5. The van der Waals surface area contributed by atoms with Gasteiger partial charge < -0.3 is 10.1 Å². The Morgan fingerprint density at radius 3 is 2.44 bits per heavy atom. The molecule has 2 aliphatic heterocycles. The lowest BCUT2D eigenvalue weighted by Crippen LogP contribution is -2.28. The van der Waals surface area contributed by atoms with E-state index in [-0.39, 0.29) is 11.6 Å². The van der Waals surface area contributed by atoms with Gasteiger partial charge in [-0.2, -0.15) is 0 Å². The molecule has 0 saturated carbocycles. The molecule has 8 heteroatoms. The number of aliphatic imine (C=N–C) groups is 1. The first-order chi connectivity index (χ1) is 17.5. The molecule has 1 atom stereocenters. The molecule has 1 saturated heterocycles. The van der Waals surface area contributed by atoms with Crippen LogP contribution in [0.15, 0.2) is 71.7 Å². The highest BCUT2D eigenvalue weighted by molar-refractivity contribution is 6.24. The van der Waals surface area contributed by atoms with E-state index in [9.17, 15) is 14.9 Å². The molecule has 2 aliphatic rings. The molecule has 0 radical (unpaired) electrons. The van der Waals surface area contributed by atoms with Crippen LogP contribution in [0.4, 0.5) is 17.1 Å². The summed E-state index contributed by atoms with van der Waals surface area (Å²) in [6, 6.07) is 19.8. The van der Waals surface area contributed by atoms with E-state index < -0.39 is 10.8 Å². The molecule has 0 aliphatic carbocycles. The third-order valence-corrected chi connectivity index (χ3v) is 6.78. The van der Waals surface area contributed by atoms with Gasteiger partial charge in [-0.1, -0.05) is 18.6 Å². The van der Waals surface area contributed by atoms with Crippen LogP contribution in [0.2, 0.25) is 0 Å². The van der Waals surface area contributed by atoms with Gasteiger partial charge in [0, 0.05) is 29.9 Å². The predicted molar refractivity (Wildman–Crippen MR) is 139 cm³/mol. The minimum Gasteiger partial charge on any atom is -0.497 e. The molecule has 0 spiro atoms. The standard InChI is InChI=1S/C28H28N4O4/c1-36-23-12-7-20(8-13-23)27(26-24-17-22(32(34)35)11-14-25(24)30-28(26)33)29-21-9-5-19(6-10-21)18-31-15-3-2-4-16-31/h5-14,17,26H,2-4,15-16,18H2,1H3,(H,30,33). The molecular formula is C28H28N4O4. The maximum Gasteiger partial charge on any atom is 0.269 e. The number of non-ortho nitro benzene ring substituents is 1. The number of hydrogen-bond acceptors (Lipinski definition) is 6. The molecule has 1 amide bonds. The van der Waals surface area contributed by atoms with E-state index in [1.807, 2.05) is 36.4 Å². The second-order valence-electron chi connectivity index (χ2n) is 9.18. The van der Waals surface area contributed by atoms with Crippen molar-refractivity contribution in [3.8, 4) is 5.75 Å². The first-order valence-electron chi connectivity index (χ1n) is 12.2. The Morgan fingerprint density at radius 1 is 1.06 bits per heavy atom. The average Bonchev–Trinajstić information content (AvgIpc) is 3.23. The molecular weight excluding hydrogens is 456 g/mol. The van der Waals surface area contributed by atoms with E-state index in [4.69, 9.17) is 9.73 Å². The zero-order chi connectivity index (χ0) is 25.1. The summed E-state index contributed by atoms with van der Waals surface area (Å²) in [5.74, 6) is -0.352. The molecule has 1 unspecified atom stereocenters. The van der Waals surface area contributed by atoms with E-state index in [1.54, 1.807) is 13.2 Å². The van der Waals surface area contributed by atoms with Crippen molar-refractivity contribution in [1.29, 1.82) is 0 Å². The molecule has 3 aromatic carbocycles. The Morgan fingerprint density at radius 2 is 1.78 bits per heavy atom. The number of rotatable bonds is 7.